The van der Waals surface area contributed by atoms with Crippen molar-refractivity contribution >= 4 is 33.3 Å². The Bertz CT molecular complexity index is 630. The minimum atomic E-state index is -0.102. The van der Waals surface area contributed by atoms with Crippen LogP contribution in [0.25, 0.3) is 0 Å². The largest absolute Gasteiger partial charge is 0.373 e. The lowest BCUT2D eigenvalue weighted by atomic mass is 9.95. The van der Waals surface area contributed by atoms with E-state index in [0.717, 1.165) is 33.2 Å². The maximum atomic E-state index is 4.70. The molecule has 0 bridgehead atoms. The SMILES string of the molecule is CNc1nc(C(C)(C)C)nc(Nc2ccc(Br)cc2)c1C. The number of hydrogen-bond donors (Lipinski definition) is 2. The molecule has 0 saturated heterocycles. The van der Waals surface area contributed by atoms with E-state index in [1.807, 2.05) is 38.2 Å². The third-order valence-corrected chi connectivity index (χ3v) is 3.69. The lowest BCUT2D eigenvalue weighted by Gasteiger charge is -2.20. The minimum absolute atomic E-state index is 0.102. The van der Waals surface area contributed by atoms with E-state index in [9.17, 15) is 0 Å². The van der Waals surface area contributed by atoms with E-state index < -0.39 is 0 Å². The standard InChI is InChI=1S/C16H21BrN4/c1-10-13(18-5)20-15(16(2,3)4)21-14(10)19-12-8-6-11(17)7-9-12/h6-9H,1-5H3,(H2,18,19,20,21). The van der Waals surface area contributed by atoms with Crippen LogP contribution in [-0.2, 0) is 5.41 Å². The van der Waals surface area contributed by atoms with Crippen LogP contribution in [0.1, 0.15) is 32.2 Å². The minimum Gasteiger partial charge on any atom is -0.373 e. The van der Waals surface area contributed by atoms with Crippen molar-refractivity contribution in [3.63, 3.8) is 0 Å². The topological polar surface area (TPSA) is 49.8 Å². The number of hydrogen-bond acceptors (Lipinski definition) is 4. The van der Waals surface area contributed by atoms with Gasteiger partial charge in [-0.1, -0.05) is 36.7 Å². The molecule has 0 unspecified atom stereocenters. The smallest absolute Gasteiger partial charge is 0.139 e. The Hall–Kier alpha value is -1.62. The maximum absolute atomic E-state index is 4.70. The van der Waals surface area contributed by atoms with Crippen LogP contribution in [0.4, 0.5) is 17.3 Å². The highest BCUT2D eigenvalue weighted by Gasteiger charge is 2.20. The summed E-state index contributed by atoms with van der Waals surface area (Å²) in [5, 5.41) is 6.52. The van der Waals surface area contributed by atoms with Crippen molar-refractivity contribution in [2.24, 2.45) is 0 Å². The predicted molar refractivity (Wildman–Crippen MR) is 92.4 cm³/mol. The van der Waals surface area contributed by atoms with Gasteiger partial charge in [-0.3, -0.25) is 0 Å². The van der Waals surface area contributed by atoms with E-state index in [0.29, 0.717) is 0 Å². The zero-order valence-electron chi connectivity index (χ0n) is 13.1. The second-order valence-corrected chi connectivity index (χ2v) is 6.92. The van der Waals surface area contributed by atoms with E-state index in [-0.39, 0.29) is 5.41 Å². The Morgan fingerprint density at radius 2 is 1.57 bits per heavy atom. The molecule has 2 aromatic rings. The van der Waals surface area contributed by atoms with E-state index in [2.05, 4.69) is 52.3 Å². The van der Waals surface area contributed by atoms with Gasteiger partial charge in [-0.2, -0.15) is 0 Å². The van der Waals surface area contributed by atoms with Gasteiger partial charge in [0.2, 0.25) is 0 Å². The van der Waals surface area contributed by atoms with Gasteiger partial charge in [0.25, 0.3) is 0 Å². The molecule has 0 amide bonds. The van der Waals surface area contributed by atoms with Crippen molar-refractivity contribution in [2.45, 2.75) is 33.1 Å². The van der Waals surface area contributed by atoms with Crippen molar-refractivity contribution < 1.29 is 0 Å². The second kappa shape index (κ2) is 6.02. The average Bonchev–Trinajstić information content (AvgIpc) is 2.42. The first-order valence-electron chi connectivity index (χ1n) is 6.90. The number of nitrogens with one attached hydrogen (secondary N) is 2. The number of benzene rings is 1. The maximum Gasteiger partial charge on any atom is 0.139 e. The average molecular weight is 349 g/mol. The predicted octanol–water partition coefficient (Wildman–Crippen LogP) is 4.63. The van der Waals surface area contributed by atoms with Crippen LogP contribution in [-0.4, -0.2) is 17.0 Å². The Morgan fingerprint density at radius 3 is 2.10 bits per heavy atom. The Balaban J connectivity index is 2.44. The summed E-state index contributed by atoms with van der Waals surface area (Å²) in [5.74, 6) is 2.51. The molecule has 2 N–H and O–H groups in total. The van der Waals surface area contributed by atoms with Gasteiger partial charge >= 0.3 is 0 Å². The lowest BCUT2D eigenvalue weighted by molar-refractivity contribution is 0.546. The highest BCUT2D eigenvalue weighted by Crippen LogP contribution is 2.28. The van der Waals surface area contributed by atoms with Crippen molar-refractivity contribution in [2.75, 3.05) is 17.7 Å². The summed E-state index contributed by atoms with van der Waals surface area (Å²) < 4.78 is 1.05. The second-order valence-electron chi connectivity index (χ2n) is 6.00. The first kappa shape index (κ1) is 15.8. The molecule has 0 saturated carbocycles. The molecule has 21 heavy (non-hydrogen) atoms. The number of rotatable bonds is 3. The fourth-order valence-corrected chi connectivity index (χ4v) is 2.15. The Morgan fingerprint density at radius 1 is 1.00 bits per heavy atom. The first-order valence-corrected chi connectivity index (χ1v) is 7.70. The van der Waals surface area contributed by atoms with Crippen LogP contribution < -0.4 is 10.6 Å². The molecule has 0 atom stereocenters. The highest BCUT2D eigenvalue weighted by molar-refractivity contribution is 9.10. The molecule has 0 fully saturated rings. The molecule has 1 aromatic heterocycles. The summed E-state index contributed by atoms with van der Waals surface area (Å²) in [6, 6.07) is 8.04. The van der Waals surface area contributed by atoms with Crippen LogP contribution >= 0.6 is 15.9 Å². The molecular formula is C16H21BrN4. The van der Waals surface area contributed by atoms with Crippen molar-refractivity contribution in [1.82, 2.24) is 9.97 Å². The van der Waals surface area contributed by atoms with Crippen molar-refractivity contribution in [3.05, 3.63) is 40.1 Å². The summed E-state index contributed by atoms with van der Waals surface area (Å²) >= 11 is 3.44. The fraction of sp³-hybridized carbons (Fsp3) is 0.375. The quantitative estimate of drug-likeness (QED) is 0.848. The number of anilines is 3. The summed E-state index contributed by atoms with van der Waals surface area (Å²) in [4.78, 5) is 9.30. The normalized spacial score (nSPS) is 11.3. The molecule has 5 heteroatoms. The van der Waals surface area contributed by atoms with E-state index in [1.165, 1.54) is 0 Å². The van der Waals surface area contributed by atoms with Crippen LogP contribution in [0.15, 0.2) is 28.7 Å². The molecule has 0 aliphatic heterocycles. The monoisotopic (exact) mass is 348 g/mol. The van der Waals surface area contributed by atoms with E-state index in [4.69, 9.17) is 4.98 Å². The molecular weight excluding hydrogens is 328 g/mol. The van der Waals surface area contributed by atoms with Crippen molar-refractivity contribution in [1.29, 1.82) is 0 Å². The summed E-state index contributed by atoms with van der Waals surface area (Å²) in [5.41, 5.74) is 1.91. The Labute approximate surface area is 134 Å². The lowest BCUT2D eigenvalue weighted by Crippen LogP contribution is -2.18. The van der Waals surface area contributed by atoms with Gasteiger partial charge in [-0.05, 0) is 31.2 Å². The van der Waals surface area contributed by atoms with Gasteiger partial charge < -0.3 is 10.6 Å². The highest BCUT2D eigenvalue weighted by atomic mass is 79.9. The molecule has 4 nitrogen and oxygen atoms in total. The van der Waals surface area contributed by atoms with Crippen LogP contribution in [0.3, 0.4) is 0 Å². The molecule has 0 spiro atoms. The van der Waals surface area contributed by atoms with Crippen LogP contribution in [0.2, 0.25) is 0 Å². The van der Waals surface area contributed by atoms with Gasteiger partial charge in [0.05, 0.1) is 0 Å². The molecule has 0 radical (unpaired) electrons. The number of aromatic nitrogens is 2. The van der Waals surface area contributed by atoms with Gasteiger partial charge in [-0.25, -0.2) is 9.97 Å². The fourth-order valence-electron chi connectivity index (χ4n) is 1.89. The zero-order chi connectivity index (χ0) is 15.6. The molecule has 1 heterocycles. The van der Waals surface area contributed by atoms with Gasteiger partial charge in [-0.15, -0.1) is 0 Å². The number of nitrogens with zero attached hydrogens (tertiary/aromatic N) is 2. The molecule has 1 aromatic carbocycles. The van der Waals surface area contributed by atoms with Crippen LogP contribution in [0, 0.1) is 6.92 Å². The molecule has 2 rings (SSSR count). The van der Waals surface area contributed by atoms with E-state index >= 15 is 0 Å². The summed E-state index contributed by atoms with van der Waals surface area (Å²) in [7, 11) is 1.88. The molecule has 0 aliphatic rings. The molecule has 112 valence electrons. The third-order valence-electron chi connectivity index (χ3n) is 3.16. The van der Waals surface area contributed by atoms with E-state index in [1.54, 1.807) is 0 Å². The van der Waals surface area contributed by atoms with Gasteiger partial charge in [0, 0.05) is 28.2 Å². The number of halogens is 1. The Kier molecular flexibility index (Phi) is 4.52. The zero-order valence-corrected chi connectivity index (χ0v) is 14.7. The third kappa shape index (κ3) is 3.73. The molecule has 0 aliphatic carbocycles. The van der Waals surface area contributed by atoms with Crippen LogP contribution in [0.5, 0.6) is 0 Å². The summed E-state index contributed by atoms with van der Waals surface area (Å²) in [6.07, 6.45) is 0. The first-order chi connectivity index (χ1) is 9.81. The summed E-state index contributed by atoms with van der Waals surface area (Å²) in [6.45, 7) is 8.35. The van der Waals surface area contributed by atoms with Gasteiger partial charge in [0.1, 0.15) is 17.5 Å². The van der Waals surface area contributed by atoms with Gasteiger partial charge in [0.15, 0.2) is 0 Å². The van der Waals surface area contributed by atoms with Crippen molar-refractivity contribution in [3.8, 4) is 0 Å².